The molecule has 0 atom stereocenters. The van der Waals surface area contributed by atoms with E-state index in [1.165, 1.54) is 11.3 Å². The summed E-state index contributed by atoms with van der Waals surface area (Å²) in [7, 11) is 0. The van der Waals surface area contributed by atoms with Crippen molar-refractivity contribution >= 4 is 17.2 Å². The second kappa shape index (κ2) is 6.17. The van der Waals surface area contributed by atoms with Gasteiger partial charge in [0, 0.05) is 44.6 Å². The molecule has 1 aliphatic heterocycles. The molecule has 1 aromatic heterocycles. The van der Waals surface area contributed by atoms with Crippen LogP contribution in [0.1, 0.15) is 29.3 Å². The highest BCUT2D eigenvalue weighted by molar-refractivity contribution is 7.09. The van der Waals surface area contributed by atoms with Crippen molar-refractivity contribution in [3.8, 4) is 0 Å². The molecule has 6 nitrogen and oxygen atoms in total. The molecule has 3 N–H and O–H groups in total. The van der Waals surface area contributed by atoms with Crippen LogP contribution >= 0.6 is 11.3 Å². The number of nitrogens with two attached hydrogens (primary N) is 1. The van der Waals surface area contributed by atoms with Crippen molar-refractivity contribution in [1.82, 2.24) is 14.8 Å². The second-order valence-electron chi connectivity index (χ2n) is 5.71. The van der Waals surface area contributed by atoms with Gasteiger partial charge in [-0.1, -0.05) is 0 Å². The number of thiazole rings is 1. The monoisotopic (exact) mass is 298 g/mol. The quantitative estimate of drug-likeness (QED) is 0.825. The third kappa shape index (κ3) is 3.99. The molecule has 0 aromatic carbocycles. The van der Waals surface area contributed by atoms with Crippen LogP contribution in [0.25, 0.3) is 0 Å². The fourth-order valence-corrected chi connectivity index (χ4v) is 2.97. The average Bonchev–Trinajstić information content (AvgIpc) is 2.85. The zero-order valence-corrected chi connectivity index (χ0v) is 12.8. The Hall–Kier alpha value is -1.02. The standard InChI is InChI=1S/C13H22N4O2S/c1-13(2,19)9-16-3-5-17(6-4-16)12(18)10-8-20-11(7-14)15-10/h8,19H,3-7,9,14H2,1-2H3. The maximum Gasteiger partial charge on any atom is 0.273 e. The highest BCUT2D eigenvalue weighted by atomic mass is 32.1. The molecule has 0 saturated carbocycles. The van der Waals surface area contributed by atoms with Crippen LogP contribution in [0.4, 0.5) is 0 Å². The zero-order valence-electron chi connectivity index (χ0n) is 12.0. The van der Waals surface area contributed by atoms with Crippen LogP contribution in [-0.4, -0.2) is 64.1 Å². The van der Waals surface area contributed by atoms with E-state index in [9.17, 15) is 9.90 Å². The maximum absolute atomic E-state index is 12.3. The first-order valence-electron chi connectivity index (χ1n) is 6.77. The van der Waals surface area contributed by atoms with Gasteiger partial charge in [-0.3, -0.25) is 9.69 Å². The van der Waals surface area contributed by atoms with Crippen molar-refractivity contribution < 1.29 is 9.90 Å². The van der Waals surface area contributed by atoms with E-state index in [4.69, 9.17) is 5.73 Å². The van der Waals surface area contributed by atoms with Gasteiger partial charge in [0.2, 0.25) is 0 Å². The number of hydrogen-bond acceptors (Lipinski definition) is 6. The fourth-order valence-electron chi connectivity index (χ4n) is 2.32. The van der Waals surface area contributed by atoms with Gasteiger partial charge in [0.1, 0.15) is 10.7 Å². The van der Waals surface area contributed by atoms with E-state index in [1.54, 1.807) is 19.2 Å². The number of piperazine rings is 1. The first-order valence-corrected chi connectivity index (χ1v) is 7.65. The Balaban J connectivity index is 1.88. The number of aliphatic hydroxyl groups is 1. The third-order valence-electron chi connectivity index (χ3n) is 3.22. The van der Waals surface area contributed by atoms with Gasteiger partial charge < -0.3 is 15.7 Å². The molecule has 2 rings (SSSR count). The van der Waals surface area contributed by atoms with Gasteiger partial charge in [0.15, 0.2) is 0 Å². The number of carbonyl (C=O) groups is 1. The average molecular weight is 298 g/mol. The van der Waals surface area contributed by atoms with Crippen molar-refractivity contribution in [2.24, 2.45) is 5.73 Å². The van der Waals surface area contributed by atoms with E-state index in [0.29, 0.717) is 31.9 Å². The van der Waals surface area contributed by atoms with Gasteiger partial charge in [-0.2, -0.15) is 0 Å². The normalized spacial score (nSPS) is 17.5. The first kappa shape index (κ1) is 15.4. The molecule has 1 fully saturated rings. The number of amides is 1. The lowest BCUT2D eigenvalue weighted by molar-refractivity contribution is 0.0177. The Bertz CT molecular complexity index is 461. The Labute approximate surface area is 123 Å². The summed E-state index contributed by atoms with van der Waals surface area (Å²) >= 11 is 1.42. The van der Waals surface area contributed by atoms with Gasteiger partial charge in [-0.25, -0.2) is 4.98 Å². The predicted octanol–water partition coefficient (Wildman–Crippen LogP) is 0.130. The molecule has 1 saturated heterocycles. The molecule has 0 aliphatic carbocycles. The molecule has 0 unspecified atom stereocenters. The molecule has 0 spiro atoms. The van der Waals surface area contributed by atoms with E-state index in [0.717, 1.165) is 18.1 Å². The largest absolute Gasteiger partial charge is 0.389 e. The van der Waals surface area contributed by atoms with Crippen LogP contribution in [0.15, 0.2) is 5.38 Å². The van der Waals surface area contributed by atoms with Gasteiger partial charge >= 0.3 is 0 Å². The van der Waals surface area contributed by atoms with Crippen molar-refractivity contribution in [1.29, 1.82) is 0 Å². The lowest BCUT2D eigenvalue weighted by Crippen LogP contribution is -2.52. The van der Waals surface area contributed by atoms with Crippen LogP contribution < -0.4 is 5.73 Å². The summed E-state index contributed by atoms with van der Waals surface area (Å²) in [4.78, 5) is 20.5. The molecule has 0 bridgehead atoms. The molecule has 20 heavy (non-hydrogen) atoms. The lowest BCUT2D eigenvalue weighted by Gasteiger charge is -2.37. The molecule has 2 heterocycles. The van der Waals surface area contributed by atoms with Crippen LogP contribution in [0.5, 0.6) is 0 Å². The predicted molar refractivity (Wildman–Crippen MR) is 78.6 cm³/mol. The van der Waals surface area contributed by atoms with Crippen molar-refractivity contribution in [3.63, 3.8) is 0 Å². The molecule has 1 aromatic rings. The summed E-state index contributed by atoms with van der Waals surface area (Å²) < 4.78 is 0. The molecule has 0 radical (unpaired) electrons. The summed E-state index contributed by atoms with van der Waals surface area (Å²) in [6, 6.07) is 0. The highest BCUT2D eigenvalue weighted by Crippen LogP contribution is 2.14. The SMILES string of the molecule is CC(C)(O)CN1CCN(C(=O)c2csc(CN)n2)CC1. The molecule has 112 valence electrons. The van der Waals surface area contributed by atoms with E-state index < -0.39 is 5.60 Å². The van der Waals surface area contributed by atoms with Crippen LogP contribution in [0.2, 0.25) is 0 Å². The van der Waals surface area contributed by atoms with E-state index >= 15 is 0 Å². The molecule has 1 amide bonds. The summed E-state index contributed by atoms with van der Waals surface area (Å²) in [5.41, 5.74) is 5.31. The lowest BCUT2D eigenvalue weighted by atomic mass is 10.1. The topological polar surface area (TPSA) is 82.7 Å². The number of hydrogen-bond donors (Lipinski definition) is 2. The summed E-state index contributed by atoms with van der Waals surface area (Å²) in [5.74, 6) is -0.0242. The summed E-state index contributed by atoms with van der Waals surface area (Å²) in [6.07, 6.45) is 0. The summed E-state index contributed by atoms with van der Waals surface area (Å²) in [6.45, 7) is 7.50. The van der Waals surface area contributed by atoms with Crippen LogP contribution in [-0.2, 0) is 6.54 Å². The fraction of sp³-hybridized carbons (Fsp3) is 0.692. The molecular weight excluding hydrogens is 276 g/mol. The number of aromatic nitrogens is 1. The minimum Gasteiger partial charge on any atom is -0.389 e. The van der Waals surface area contributed by atoms with E-state index in [2.05, 4.69) is 9.88 Å². The molecular formula is C13H22N4O2S. The minimum atomic E-state index is -0.697. The van der Waals surface area contributed by atoms with Gasteiger partial charge in [0.05, 0.1) is 5.60 Å². The number of carbonyl (C=O) groups excluding carboxylic acids is 1. The number of nitrogens with zero attached hydrogens (tertiary/aromatic N) is 3. The van der Waals surface area contributed by atoms with Gasteiger partial charge in [-0.05, 0) is 13.8 Å². The first-order chi connectivity index (χ1) is 9.39. The zero-order chi connectivity index (χ0) is 14.8. The van der Waals surface area contributed by atoms with E-state index in [-0.39, 0.29) is 5.91 Å². The van der Waals surface area contributed by atoms with Crippen LogP contribution in [0, 0.1) is 0 Å². The number of β-amino-alcohol motifs (C(OH)–C–C–N with tert-alkyl or cyclic N) is 1. The molecule has 7 heteroatoms. The maximum atomic E-state index is 12.3. The minimum absolute atomic E-state index is 0.0242. The van der Waals surface area contributed by atoms with Crippen LogP contribution in [0.3, 0.4) is 0 Å². The summed E-state index contributed by atoms with van der Waals surface area (Å²) in [5, 5.41) is 12.4. The van der Waals surface area contributed by atoms with Crippen molar-refractivity contribution in [3.05, 3.63) is 16.1 Å². The van der Waals surface area contributed by atoms with Gasteiger partial charge in [-0.15, -0.1) is 11.3 Å². The van der Waals surface area contributed by atoms with Crippen molar-refractivity contribution in [2.75, 3.05) is 32.7 Å². The Kier molecular flexibility index (Phi) is 4.74. The van der Waals surface area contributed by atoms with E-state index in [1.807, 2.05) is 4.90 Å². The third-order valence-corrected chi connectivity index (χ3v) is 4.09. The Morgan fingerprint density at radius 1 is 1.45 bits per heavy atom. The Morgan fingerprint density at radius 2 is 2.10 bits per heavy atom. The number of rotatable bonds is 4. The second-order valence-corrected chi connectivity index (χ2v) is 6.65. The van der Waals surface area contributed by atoms with Crippen molar-refractivity contribution in [2.45, 2.75) is 26.0 Å². The molecule has 1 aliphatic rings. The Morgan fingerprint density at radius 3 is 2.60 bits per heavy atom. The highest BCUT2D eigenvalue weighted by Gasteiger charge is 2.26. The van der Waals surface area contributed by atoms with Gasteiger partial charge in [0.25, 0.3) is 5.91 Å². The smallest absolute Gasteiger partial charge is 0.273 e.